The van der Waals surface area contributed by atoms with Gasteiger partial charge in [-0.2, -0.15) is 5.10 Å². The number of aromatic nitrogens is 4. The highest BCUT2D eigenvalue weighted by atomic mass is 16.1. The third-order valence-corrected chi connectivity index (χ3v) is 3.32. The molecule has 0 aromatic carbocycles. The Balaban J connectivity index is 2.10. The van der Waals surface area contributed by atoms with Crippen LogP contribution in [0.15, 0.2) is 17.3 Å². The third kappa shape index (κ3) is 1.43. The molecule has 1 N–H and O–H groups in total. The second-order valence-corrected chi connectivity index (χ2v) is 4.35. The number of hydrogen-bond acceptors (Lipinski definition) is 3. The summed E-state index contributed by atoms with van der Waals surface area (Å²) in [4.78, 5) is 18.3. The molecule has 5 nitrogen and oxygen atoms in total. The molecule has 2 aromatic heterocycles. The molecule has 0 bridgehead atoms. The summed E-state index contributed by atoms with van der Waals surface area (Å²) >= 11 is 0. The van der Waals surface area contributed by atoms with E-state index in [0.717, 1.165) is 18.5 Å². The molecule has 0 aliphatic heterocycles. The van der Waals surface area contributed by atoms with Gasteiger partial charge in [0.1, 0.15) is 5.39 Å². The van der Waals surface area contributed by atoms with Gasteiger partial charge in [-0.25, -0.2) is 9.67 Å². The van der Waals surface area contributed by atoms with E-state index in [4.69, 9.17) is 0 Å². The molecule has 0 unspecified atom stereocenters. The lowest BCUT2D eigenvalue weighted by atomic mass is 9.96. The first-order chi connectivity index (χ1) is 7.86. The Labute approximate surface area is 92.5 Å². The van der Waals surface area contributed by atoms with Crippen molar-refractivity contribution < 1.29 is 0 Å². The minimum absolute atomic E-state index is 0.105. The number of nitrogens with one attached hydrogen (secondary N) is 1. The van der Waals surface area contributed by atoms with Crippen LogP contribution in [0.4, 0.5) is 0 Å². The first kappa shape index (κ1) is 9.57. The molecule has 0 amide bonds. The fourth-order valence-electron chi connectivity index (χ4n) is 2.47. The molecule has 5 heteroatoms. The number of aromatic amines is 1. The molecule has 16 heavy (non-hydrogen) atoms. The second kappa shape index (κ2) is 3.73. The van der Waals surface area contributed by atoms with Gasteiger partial charge in [0.05, 0.1) is 18.6 Å². The molecule has 2 aromatic rings. The lowest BCUT2D eigenvalue weighted by Gasteiger charge is -2.22. The van der Waals surface area contributed by atoms with E-state index in [-0.39, 0.29) is 5.56 Å². The Hall–Kier alpha value is -1.65. The van der Waals surface area contributed by atoms with Crippen LogP contribution >= 0.6 is 0 Å². The van der Waals surface area contributed by atoms with Gasteiger partial charge in [-0.1, -0.05) is 19.3 Å². The van der Waals surface area contributed by atoms with Crippen molar-refractivity contribution in [2.45, 2.75) is 38.1 Å². The van der Waals surface area contributed by atoms with Gasteiger partial charge < -0.3 is 4.98 Å². The van der Waals surface area contributed by atoms with E-state index in [1.807, 2.05) is 4.68 Å². The number of nitrogens with zero attached hydrogens (tertiary/aromatic N) is 3. The minimum Gasteiger partial charge on any atom is -0.312 e. The fraction of sp³-hybridized carbons (Fsp3) is 0.545. The summed E-state index contributed by atoms with van der Waals surface area (Å²) < 4.78 is 1.92. The smallest absolute Gasteiger partial charge is 0.261 e. The lowest BCUT2D eigenvalue weighted by molar-refractivity contribution is 0.336. The number of hydrogen-bond donors (Lipinski definition) is 1. The van der Waals surface area contributed by atoms with E-state index in [2.05, 4.69) is 15.1 Å². The highest BCUT2D eigenvalue weighted by Gasteiger charge is 2.19. The zero-order valence-electron chi connectivity index (χ0n) is 9.02. The molecule has 0 atom stereocenters. The first-order valence-electron chi connectivity index (χ1n) is 5.77. The van der Waals surface area contributed by atoms with Crippen LogP contribution in [0.3, 0.4) is 0 Å². The molecule has 1 fully saturated rings. The molecule has 1 aliphatic carbocycles. The quantitative estimate of drug-likeness (QED) is 0.791. The Morgan fingerprint density at radius 1 is 1.31 bits per heavy atom. The molecule has 0 radical (unpaired) electrons. The van der Waals surface area contributed by atoms with Gasteiger partial charge in [-0.3, -0.25) is 4.79 Å². The van der Waals surface area contributed by atoms with Crippen LogP contribution in [0, 0.1) is 0 Å². The van der Waals surface area contributed by atoms with Gasteiger partial charge in [-0.05, 0) is 12.8 Å². The second-order valence-electron chi connectivity index (χ2n) is 4.35. The Morgan fingerprint density at radius 3 is 2.94 bits per heavy atom. The summed E-state index contributed by atoms with van der Waals surface area (Å²) in [5.74, 6) is 0. The first-order valence-corrected chi connectivity index (χ1v) is 5.77. The van der Waals surface area contributed by atoms with Crippen LogP contribution in [0.25, 0.3) is 11.0 Å². The van der Waals surface area contributed by atoms with Gasteiger partial charge in [0, 0.05) is 0 Å². The van der Waals surface area contributed by atoms with Crippen LogP contribution in [-0.2, 0) is 0 Å². The normalized spacial score (nSPS) is 18.0. The van der Waals surface area contributed by atoms with E-state index < -0.39 is 0 Å². The molecular weight excluding hydrogens is 204 g/mol. The van der Waals surface area contributed by atoms with E-state index in [1.54, 1.807) is 6.20 Å². The van der Waals surface area contributed by atoms with Crippen molar-refractivity contribution >= 4 is 11.0 Å². The predicted octanol–water partition coefficient (Wildman–Crippen LogP) is 1.62. The molecular formula is C11H14N4O. The van der Waals surface area contributed by atoms with E-state index in [1.165, 1.54) is 25.6 Å². The Kier molecular flexibility index (Phi) is 2.23. The van der Waals surface area contributed by atoms with E-state index >= 15 is 0 Å². The summed E-state index contributed by atoms with van der Waals surface area (Å²) in [5.41, 5.74) is 0.614. The maximum Gasteiger partial charge on any atom is 0.261 e. The largest absolute Gasteiger partial charge is 0.312 e. The van der Waals surface area contributed by atoms with E-state index in [0.29, 0.717) is 11.4 Å². The maximum atomic E-state index is 11.5. The van der Waals surface area contributed by atoms with Crippen LogP contribution in [0.1, 0.15) is 38.1 Å². The molecule has 1 aliphatic rings. The van der Waals surface area contributed by atoms with Crippen LogP contribution in [0.2, 0.25) is 0 Å². The molecule has 1 saturated carbocycles. The number of rotatable bonds is 1. The van der Waals surface area contributed by atoms with Crippen LogP contribution in [-0.4, -0.2) is 19.7 Å². The summed E-state index contributed by atoms with van der Waals surface area (Å²) in [7, 11) is 0. The van der Waals surface area contributed by atoms with Crippen LogP contribution < -0.4 is 5.56 Å². The Bertz CT molecular complexity index is 550. The molecule has 0 saturated heterocycles. The van der Waals surface area contributed by atoms with Crippen LogP contribution in [0.5, 0.6) is 0 Å². The summed E-state index contributed by atoms with van der Waals surface area (Å²) in [5, 5.41) is 4.90. The fourth-order valence-corrected chi connectivity index (χ4v) is 2.47. The van der Waals surface area contributed by atoms with E-state index in [9.17, 15) is 4.79 Å². The highest BCUT2D eigenvalue weighted by Crippen LogP contribution is 2.28. The third-order valence-electron chi connectivity index (χ3n) is 3.32. The van der Waals surface area contributed by atoms with Crippen molar-refractivity contribution in [3.8, 4) is 0 Å². The van der Waals surface area contributed by atoms with Crippen molar-refractivity contribution in [2.24, 2.45) is 0 Å². The standard InChI is InChI=1S/C11H14N4O/c16-11-9-6-14-15(10(9)12-7-13-11)8-4-2-1-3-5-8/h6-8H,1-5H2,(H,12,13,16). The summed E-state index contributed by atoms with van der Waals surface area (Å²) in [6, 6.07) is 0.417. The molecule has 2 heterocycles. The lowest BCUT2D eigenvalue weighted by Crippen LogP contribution is -2.15. The van der Waals surface area contributed by atoms with Gasteiger partial charge in [0.2, 0.25) is 0 Å². The minimum atomic E-state index is -0.105. The number of fused-ring (bicyclic) bond motifs is 1. The van der Waals surface area contributed by atoms with Gasteiger partial charge in [-0.15, -0.1) is 0 Å². The monoisotopic (exact) mass is 218 g/mol. The Morgan fingerprint density at radius 2 is 2.12 bits per heavy atom. The van der Waals surface area contributed by atoms with Crippen molar-refractivity contribution in [1.82, 2.24) is 19.7 Å². The predicted molar refractivity (Wildman–Crippen MR) is 60.3 cm³/mol. The average Bonchev–Trinajstić information content (AvgIpc) is 2.75. The highest BCUT2D eigenvalue weighted by molar-refractivity contribution is 5.72. The van der Waals surface area contributed by atoms with Gasteiger partial charge in [0.25, 0.3) is 5.56 Å². The SMILES string of the molecule is O=c1[nH]cnc2c1cnn2C1CCCCC1. The van der Waals surface area contributed by atoms with Crippen molar-refractivity contribution in [1.29, 1.82) is 0 Å². The topological polar surface area (TPSA) is 63.6 Å². The summed E-state index contributed by atoms with van der Waals surface area (Å²) in [6.45, 7) is 0. The zero-order chi connectivity index (χ0) is 11.0. The van der Waals surface area contributed by atoms with Gasteiger partial charge in [0.15, 0.2) is 5.65 Å². The molecule has 0 spiro atoms. The van der Waals surface area contributed by atoms with Crippen molar-refractivity contribution in [3.63, 3.8) is 0 Å². The molecule has 3 rings (SSSR count). The average molecular weight is 218 g/mol. The van der Waals surface area contributed by atoms with Gasteiger partial charge >= 0.3 is 0 Å². The maximum absolute atomic E-state index is 11.5. The van der Waals surface area contributed by atoms with Crippen molar-refractivity contribution in [3.05, 3.63) is 22.9 Å². The number of H-pyrrole nitrogens is 1. The van der Waals surface area contributed by atoms with Crippen molar-refractivity contribution in [2.75, 3.05) is 0 Å². The zero-order valence-corrected chi connectivity index (χ0v) is 9.02. The summed E-state index contributed by atoms with van der Waals surface area (Å²) in [6.07, 6.45) is 9.16. The molecule has 84 valence electrons.